The Labute approximate surface area is 290 Å². The van der Waals surface area contributed by atoms with E-state index < -0.39 is 11.8 Å². The van der Waals surface area contributed by atoms with Gasteiger partial charge in [0.2, 0.25) is 0 Å². The molecule has 5 aromatic rings. The quantitative estimate of drug-likeness (QED) is 0.142. The second-order valence-electron chi connectivity index (χ2n) is 12.3. The number of nitrogens with one attached hydrogen (secondary N) is 1. The normalized spacial score (nSPS) is 13.4. The molecule has 48 heavy (non-hydrogen) atoms. The van der Waals surface area contributed by atoms with Gasteiger partial charge in [0.1, 0.15) is 24.0 Å². The highest BCUT2D eigenvalue weighted by molar-refractivity contribution is 7.98. The van der Waals surface area contributed by atoms with Crippen molar-refractivity contribution in [1.29, 1.82) is 0 Å². The van der Waals surface area contributed by atoms with Crippen LogP contribution in [0.25, 0.3) is 33.5 Å². The molecule has 6 rings (SSSR count). The van der Waals surface area contributed by atoms with E-state index in [1.165, 1.54) is 6.07 Å². The molecule has 0 unspecified atom stereocenters. The first-order chi connectivity index (χ1) is 22.7. The predicted molar refractivity (Wildman–Crippen MR) is 192 cm³/mol. The molecule has 4 aromatic carbocycles. The molecule has 1 aliphatic rings. The van der Waals surface area contributed by atoms with Crippen LogP contribution in [0.5, 0.6) is 5.75 Å². The number of benzene rings is 4. The fraction of sp³-hybridized carbons (Fsp3) is 0.289. The van der Waals surface area contributed by atoms with Crippen molar-refractivity contribution in [3.05, 3.63) is 101 Å². The number of hydrogen-bond donors (Lipinski definition) is 2. The maximum atomic E-state index is 16.0. The molecule has 1 saturated carbocycles. The number of nitrogens with zero attached hydrogens (tertiary/aromatic N) is 2. The maximum Gasteiger partial charge on any atom is 0.335 e. The second kappa shape index (κ2) is 15.3. The van der Waals surface area contributed by atoms with Crippen LogP contribution in [0.3, 0.4) is 0 Å². The highest BCUT2D eigenvalue weighted by Crippen LogP contribution is 2.38. The highest BCUT2D eigenvalue weighted by atomic mass is 35.5. The lowest BCUT2D eigenvalue weighted by Crippen LogP contribution is -2.30. The molecular formula is C38H39ClFN3O4S. The van der Waals surface area contributed by atoms with E-state index >= 15 is 4.39 Å². The number of aromatic nitrogens is 2. The molecule has 1 aromatic heterocycles. The molecule has 0 spiro atoms. The Balaban J connectivity index is 0.00000451. The minimum Gasteiger partial charge on any atom is -0.489 e. The van der Waals surface area contributed by atoms with E-state index in [2.05, 4.69) is 22.0 Å². The number of thioether (sulfide) groups is 1. The molecule has 0 atom stereocenters. The third-order valence-corrected chi connectivity index (χ3v) is 9.38. The van der Waals surface area contributed by atoms with Gasteiger partial charge in [-0.15, -0.1) is 24.2 Å². The first-order valence-corrected chi connectivity index (χ1v) is 17.2. The summed E-state index contributed by atoms with van der Waals surface area (Å²) in [7, 11) is 0. The Morgan fingerprint density at radius 1 is 0.958 bits per heavy atom. The number of aromatic carboxylic acids is 1. The van der Waals surface area contributed by atoms with Gasteiger partial charge in [0, 0.05) is 28.6 Å². The Bertz CT molecular complexity index is 1940. The third-order valence-electron chi connectivity index (χ3n) is 8.64. The van der Waals surface area contributed by atoms with Crippen LogP contribution in [0, 0.1) is 5.82 Å². The molecular weight excluding hydrogens is 649 g/mol. The minimum absolute atomic E-state index is 0. The molecule has 1 fully saturated rings. The van der Waals surface area contributed by atoms with Crippen LogP contribution in [0.15, 0.2) is 83.8 Å². The van der Waals surface area contributed by atoms with Gasteiger partial charge < -0.3 is 19.7 Å². The van der Waals surface area contributed by atoms with Crippen LogP contribution in [-0.4, -0.2) is 38.8 Å². The Hall–Kier alpha value is -4.34. The van der Waals surface area contributed by atoms with E-state index in [0.717, 1.165) is 59.2 Å². The molecule has 250 valence electrons. The molecule has 10 heteroatoms. The van der Waals surface area contributed by atoms with Crippen molar-refractivity contribution < 1.29 is 23.8 Å². The van der Waals surface area contributed by atoms with E-state index in [4.69, 9.17) is 9.72 Å². The lowest BCUT2D eigenvalue weighted by atomic mass is 9.94. The number of halogens is 2. The van der Waals surface area contributed by atoms with Gasteiger partial charge >= 0.3 is 5.97 Å². The van der Waals surface area contributed by atoms with E-state index in [-0.39, 0.29) is 42.6 Å². The van der Waals surface area contributed by atoms with E-state index in [1.807, 2.05) is 50.4 Å². The van der Waals surface area contributed by atoms with Gasteiger partial charge in [0.25, 0.3) is 5.91 Å². The molecule has 1 heterocycles. The number of carboxylic acid groups (broad SMARTS) is 1. The van der Waals surface area contributed by atoms with Crippen LogP contribution in [0.2, 0.25) is 0 Å². The maximum absolute atomic E-state index is 16.0. The summed E-state index contributed by atoms with van der Waals surface area (Å²) in [6.45, 7) is 3.96. The van der Waals surface area contributed by atoms with Gasteiger partial charge in [-0.1, -0.05) is 37.5 Å². The van der Waals surface area contributed by atoms with Gasteiger partial charge in [-0.25, -0.2) is 14.2 Å². The second-order valence-corrected chi connectivity index (χ2v) is 13.1. The SMILES string of the molecule is CSc1ccc(-c2ccc(C(=O)NC(C)C)cc2COc2ccc(-c3nc4cc(C(=O)O)ccc4n3C3CCCCC3)c(F)c2)cc1.Cl. The van der Waals surface area contributed by atoms with Crippen molar-refractivity contribution in [1.82, 2.24) is 14.9 Å². The van der Waals surface area contributed by atoms with E-state index in [0.29, 0.717) is 28.2 Å². The average Bonchev–Trinajstić information content (AvgIpc) is 3.46. The third kappa shape index (κ3) is 7.53. The average molecular weight is 688 g/mol. The summed E-state index contributed by atoms with van der Waals surface area (Å²) in [6, 6.07) is 23.6. The zero-order valence-electron chi connectivity index (χ0n) is 27.2. The Kier molecular flexibility index (Phi) is 11.1. The number of ether oxygens (including phenoxy) is 1. The van der Waals surface area contributed by atoms with Gasteiger partial charge in [0.05, 0.1) is 22.2 Å². The van der Waals surface area contributed by atoms with E-state index in [9.17, 15) is 14.7 Å². The van der Waals surface area contributed by atoms with E-state index in [1.54, 1.807) is 42.1 Å². The monoisotopic (exact) mass is 687 g/mol. The Morgan fingerprint density at radius 2 is 1.67 bits per heavy atom. The molecule has 2 N–H and O–H groups in total. The number of amides is 1. The molecule has 0 radical (unpaired) electrons. The lowest BCUT2D eigenvalue weighted by Gasteiger charge is -2.25. The van der Waals surface area contributed by atoms with Crippen molar-refractivity contribution in [2.24, 2.45) is 0 Å². The molecule has 1 aliphatic carbocycles. The summed E-state index contributed by atoms with van der Waals surface area (Å²) in [5.41, 5.74) is 5.06. The van der Waals surface area contributed by atoms with Crippen LogP contribution in [0.4, 0.5) is 4.39 Å². The predicted octanol–water partition coefficient (Wildman–Crippen LogP) is 9.57. The summed E-state index contributed by atoms with van der Waals surface area (Å²) in [4.78, 5) is 30.4. The molecule has 1 amide bonds. The smallest absolute Gasteiger partial charge is 0.335 e. The summed E-state index contributed by atoms with van der Waals surface area (Å²) in [5.74, 6) is -0.845. The van der Waals surface area contributed by atoms with Gasteiger partial charge in [0.15, 0.2) is 0 Å². The number of rotatable bonds is 10. The first kappa shape index (κ1) is 35.0. The summed E-state index contributed by atoms with van der Waals surface area (Å²) in [6.07, 6.45) is 7.27. The number of carboxylic acids is 1. The summed E-state index contributed by atoms with van der Waals surface area (Å²) in [5, 5.41) is 12.5. The fourth-order valence-corrected chi connectivity index (χ4v) is 6.72. The minimum atomic E-state index is -1.03. The van der Waals surface area contributed by atoms with Crippen molar-refractivity contribution in [2.75, 3.05) is 6.26 Å². The topological polar surface area (TPSA) is 93.4 Å². The summed E-state index contributed by atoms with van der Waals surface area (Å²) >= 11 is 1.67. The van der Waals surface area contributed by atoms with Crippen LogP contribution >= 0.6 is 24.2 Å². The molecule has 7 nitrogen and oxygen atoms in total. The molecule has 0 bridgehead atoms. The molecule has 0 aliphatic heterocycles. The summed E-state index contributed by atoms with van der Waals surface area (Å²) < 4.78 is 24.2. The highest BCUT2D eigenvalue weighted by Gasteiger charge is 2.25. The zero-order chi connectivity index (χ0) is 33.1. The largest absolute Gasteiger partial charge is 0.489 e. The fourth-order valence-electron chi connectivity index (χ4n) is 6.31. The van der Waals surface area contributed by atoms with Crippen molar-refractivity contribution >= 4 is 47.1 Å². The lowest BCUT2D eigenvalue weighted by molar-refractivity contribution is 0.0696. The van der Waals surface area contributed by atoms with Crippen molar-refractivity contribution in [3.8, 4) is 28.3 Å². The van der Waals surface area contributed by atoms with Crippen LogP contribution < -0.4 is 10.1 Å². The number of carbonyl (C=O) groups excluding carboxylic acids is 1. The van der Waals surface area contributed by atoms with Crippen molar-refractivity contribution in [2.45, 2.75) is 69.5 Å². The van der Waals surface area contributed by atoms with Gasteiger partial charge in [-0.2, -0.15) is 0 Å². The number of fused-ring (bicyclic) bond motifs is 1. The van der Waals surface area contributed by atoms with Gasteiger partial charge in [-0.3, -0.25) is 4.79 Å². The standard InChI is InChI=1S/C38H38FN3O4S.ClH/c1-23(2)40-37(43)25-11-16-31(24-9-14-30(47-3)15-10-24)27(19-25)22-46-29-13-17-32(33(39)21-29)36-41-34-20-26(38(44)45)12-18-35(34)42(36)28-7-5-4-6-8-28;/h9-21,23,28H,4-8,22H2,1-3H3,(H,40,43)(H,44,45);1H. The number of hydrogen-bond acceptors (Lipinski definition) is 5. The van der Waals surface area contributed by atoms with Crippen LogP contribution in [-0.2, 0) is 6.61 Å². The van der Waals surface area contributed by atoms with Crippen molar-refractivity contribution in [3.63, 3.8) is 0 Å². The Morgan fingerprint density at radius 3 is 2.33 bits per heavy atom. The van der Waals surface area contributed by atoms with Gasteiger partial charge in [-0.05, 0) is 104 Å². The number of imidazole rings is 1. The van der Waals surface area contributed by atoms with Crippen LogP contribution in [0.1, 0.15) is 78.3 Å². The zero-order valence-corrected chi connectivity index (χ0v) is 28.8. The molecule has 0 saturated heterocycles. The first-order valence-electron chi connectivity index (χ1n) is 16.0. The number of carbonyl (C=O) groups is 2.